The Balaban J connectivity index is 1.65. The zero-order valence-corrected chi connectivity index (χ0v) is 12.4. The minimum Gasteiger partial charge on any atom is -0.467 e. The van der Waals surface area contributed by atoms with Crippen molar-refractivity contribution in [1.29, 1.82) is 0 Å². The third kappa shape index (κ3) is 3.35. The largest absolute Gasteiger partial charge is 0.467 e. The van der Waals surface area contributed by atoms with Crippen LogP contribution in [0.2, 0.25) is 5.02 Å². The van der Waals surface area contributed by atoms with Crippen molar-refractivity contribution in [2.24, 2.45) is 0 Å². The van der Waals surface area contributed by atoms with E-state index in [4.69, 9.17) is 16.0 Å². The molecule has 0 radical (unpaired) electrons. The van der Waals surface area contributed by atoms with Crippen molar-refractivity contribution in [3.63, 3.8) is 0 Å². The van der Waals surface area contributed by atoms with Gasteiger partial charge in [0.05, 0.1) is 12.8 Å². The normalized spacial score (nSPS) is 14.5. The van der Waals surface area contributed by atoms with Crippen LogP contribution >= 0.6 is 11.6 Å². The van der Waals surface area contributed by atoms with Crippen molar-refractivity contribution >= 4 is 17.3 Å². The van der Waals surface area contributed by atoms with E-state index in [1.54, 1.807) is 6.26 Å². The van der Waals surface area contributed by atoms with E-state index in [1.807, 2.05) is 25.2 Å². The van der Waals surface area contributed by atoms with E-state index in [2.05, 4.69) is 22.3 Å². The van der Waals surface area contributed by atoms with Crippen molar-refractivity contribution in [3.05, 3.63) is 52.9 Å². The van der Waals surface area contributed by atoms with Gasteiger partial charge in [0.15, 0.2) is 0 Å². The maximum atomic E-state index is 6.37. The molecule has 1 aromatic heterocycles. The fourth-order valence-corrected chi connectivity index (χ4v) is 2.43. The Morgan fingerprint density at radius 2 is 2.20 bits per heavy atom. The first kappa shape index (κ1) is 13.5. The van der Waals surface area contributed by atoms with E-state index in [-0.39, 0.29) is 0 Å². The van der Waals surface area contributed by atoms with Crippen molar-refractivity contribution in [3.8, 4) is 0 Å². The molecule has 1 aliphatic rings. The fraction of sp³-hybridized carbons (Fsp3) is 0.375. The third-order valence-corrected chi connectivity index (χ3v) is 3.96. The molecule has 0 aliphatic heterocycles. The number of nitrogens with zero attached hydrogens (tertiary/aromatic N) is 1. The number of anilines is 1. The van der Waals surface area contributed by atoms with Crippen LogP contribution in [0.5, 0.6) is 0 Å². The summed E-state index contributed by atoms with van der Waals surface area (Å²) < 4.78 is 5.37. The second kappa shape index (κ2) is 5.90. The molecular formula is C16H19ClN2O. The van der Waals surface area contributed by atoms with Gasteiger partial charge in [-0.3, -0.25) is 0 Å². The lowest BCUT2D eigenvalue weighted by Gasteiger charge is -2.19. The zero-order valence-electron chi connectivity index (χ0n) is 11.6. The van der Waals surface area contributed by atoms with Crippen LogP contribution in [0.25, 0.3) is 0 Å². The molecule has 0 amide bonds. The molecule has 4 heteroatoms. The molecule has 0 bridgehead atoms. The molecule has 0 spiro atoms. The molecule has 3 nitrogen and oxygen atoms in total. The number of rotatable bonds is 6. The average molecular weight is 291 g/mol. The standard InChI is InChI=1S/C16H19ClN2O/c1-19(11-15-3-2-8-20-15)14-7-4-12(16(17)9-14)10-18-13-5-6-13/h2-4,7-9,13,18H,5-6,10-11H2,1H3. The van der Waals surface area contributed by atoms with Crippen LogP contribution < -0.4 is 10.2 Å². The number of furan rings is 1. The Labute approximate surface area is 124 Å². The summed E-state index contributed by atoms with van der Waals surface area (Å²) in [7, 11) is 2.04. The summed E-state index contributed by atoms with van der Waals surface area (Å²) in [6, 6.07) is 10.8. The van der Waals surface area contributed by atoms with Gasteiger partial charge in [0.2, 0.25) is 0 Å². The van der Waals surface area contributed by atoms with Gasteiger partial charge in [-0.15, -0.1) is 0 Å². The zero-order chi connectivity index (χ0) is 13.9. The molecule has 0 unspecified atom stereocenters. The van der Waals surface area contributed by atoms with Crippen LogP contribution in [0.3, 0.4) is 0 Å². The highest BCUT2D eigenvalue weighted by atomic mass is 35.5. The first-order valence-corrected chi connectivity index (χ1v) is 7.35. The molecule has 0 saturated heterocycles. The maximum absolute atomic E-state index is 6.37. The van der Waals surface area contributed by atoms with Crippen LogP contribution in [0.15, 0.2) is 41.0 Å². The van der Waals surface area contributed by atoms with Crippen LogP contribution in [0.4, 0.5) is 5.69 Å². The summed E-state index contributed by atoms with van der Waals surface area (Å²) in [5.74, 6) is 0.947. The van der Waals surface area contributed by atoms with Gasteiger partial charge in [0, 0.05) is 30.3 Å². The van der Waals surface area contributed by atoms with Crippen LogP contribution in [0, 0.1) is 0 Å². The van der Waals surface area contributed by atoms with Crippen molar-refractivity contribution in [2.45, 2.75) is 32.0 Å². The highest BCUT2D eigenvalue weighted by Gasteiger charge is 2.20. The number of benzene rings is 1. The lowest BCUT2D eigenvalue weighted by molar-refractivity contribution is 0.507. The first-order chi connectivity index (χ1) is 9.72. The Morgan fingerprint density at radius 3 is 2.85 bits per heavy atom. The molecule has 1 saturated carbocycles. The van der Waals surface area contributed by atoms with Gasteiger partial charge in [-0.1, -0.05) is 17.7 Å². The van der Waals surface area contributed by atoms with Gasteiger partial charge in [-0.2, -0.15) is 0 Å². The SMILES string of the molecule is CN(Cc1ccco1)c1ccc(CNC2CC2)c(Cl)c1. The molecule has 3 rings (SSSR count). The summed E-state index contributed by atoms with van der Waals surface area (Å²) in [5.41, 5.74) is 2.26. The van der Waals surface area contributed by atoms with Crippen LogP contribution in [-0.2, 0) is 13.1 Å². The van der Waals surface area contributed by atoms with Crippen LogP contribution in [-0.4, -0.2) is 13.1 Å². The van der Waals surface area contributed by atoms with Gasteiger partial charge in [0.25, 0.3) is 0 Å². The van der Waals surface area contributed by atoms with Crippen molar-refractivity contribution < 1.29 is 4.42 Å². The number of halogens is 1. The predicted molar refractivity (Wildman–Crippen MR) is 82.1 cm³/mol. The number of hydrogen-bond donors (Lipinski definition) is 1. The van der Waals surface area contributed by atoms with E-state index >= 15 is 0 Å². The number of nitrogens with one attached hydrogen (secondary N) is 1. The molecule has 1 fully saturated rings. The molecule has 0 atom stereocenters. The lowest BCUT2D eigenvalue weighted by Crippen LogP contribution is -2.17. The summed E-state index contributed by atoms with van der Waals surface area (Å²) in [4.78, 5) is 2.13. The van der Waals surface area contributed by atoms with Gasteiger partial charge >= 0.3 is 0 Å². The van der Waals surface area contributed by atoms with Crippen molar-refractivity contribution in [1.82, 2.24) is 5.32 Å². The molecule has 2 aromatic rings. The average Bonchev–Trinajstić information content (AvgIpc) is 3.13. The monoisotopic (exact) mass is 290 g/mol. The second-order valence-corrected chi connectivity index (χ2v) is 5.77. The maximum Gasteiger partial charge on any atom is 0.123 e. The Kier molecular flexibility index (Phi) is 3.99. The fourth-order valence-electron chi connectivity index (χ4n) is 2.19. The topological polar surface area (TPSA) is 28.4 Å². The molecule has 20 heavy (non-hydrogen) atoms. The molecule has 1 heterocycles. The Hall–Kier alpha value is -1.45. The Morgan fingerprint density at radius 1 is 1.35 bits per heavy atom. The third-order valence-electron chi connectivity index (χ3n) is 3.61. The van der Waals surface area contributed by atoms with E-state index in [1.165, 1.54) is 12.8 Å². The van der Waals surface area contributed by atoms with Crippen LogP contribution in [0.1, 0.15) is 24.2 Å². The smallest absolute Gasteiger partial charge is 0.123 e. The minimum atomic E-state index is 0.701. The van der Waals surface area contributed by atoms with Crippen molar-refractivity contribution in [2.75, 3.05) is 11.9 Å². The number of hydrogen-bond acceptors (Lipinski definition) is 3. The minimum absolute atomic E-state index is 0.701. The molecule has 1 aliphatic carbocycles. The highest BCUT2D eigenvalue weighted by Crippen LogP contribution is 2.26. The predicted octanol–water partition coefficient (Wildman–Crippen LogP) is 3.82. The van der Waals surface area contributed by atoms with E-state index in [9.17, 15) is 0 Å². The summed E-state index contributed by atoms with van der Waals surface area (Å²) >= 11 is 6.37. The molecule has 1 N–H and O–H groups in total. The Bertz CT molecular complexity index is 564. The quantitative estimate of drug-likeness (QED) is 0.877. The van der Waals surface area contributed by atoms with Gasteiger partial charge in [-0.05, 0) is 42.7 Å². The van der Waals surface area contributed by atoms with Gasteiger partial charge < -0.3 is 14.6 Å². The second-order valence-electron chi connectivity index (χ2n) is 5.37. The van der Waals surface area contributed by atoms with Gasteiger partial charge in [-0.25, -0.2) is 0 Å². The van der Waals surface area contributed by atoms with E-state index < -0.39 is 0 Å². The van der Waals surface area contributed by atoms with Gasteiger partial charge in [0.1, 0.15) is 5.76 Å². The highest BCUT2D eigenvalue weighted by molar-refractivity contribution is 6.31. The summed E-state index contributed by atoms with van der Waals surface area (Å²) in [6.45, 7) is 1.59. The lowest BCUT2D eigenvalue weighted by atomic mass is 10.2. The molecule has 106 valence electrons. The molecular weight excluding hydrogens is 272 g/mol. The molecule has 1 aromatic carbocycles. The first-order valence-electron chi connectivity index (χ1n) is 6.98. The van der Waals surface area contributed by atoms with E-state index in [0.717, 1.165) is 35.1 Å². The summed E-state index contributed by atoms with van der Waals surface area (Å²) in [5, 5.41) is 4.31. The van der Waals surface area contributed by atoms with E-state index in [0.29, 0.717) is 6.04 Å². The summed E-state index contributed by atoms with van der Waals surface area (Å²) in [6.07, 6.45) is 4.28.